The van der Waals surface area contributed by atoms with Crippen LogP contribution < -0.4 is 4.90 Å². The predicted octanol–water partition coefficient (Wildman–Crippen LogP) is 6.37. The summed E-state index contributed by atoms with van der Waals surface area (Å²) in [5, 5.41) is 1.00. The Bertz CT molecular complexity index is 846. The van der Waals surface area contributed by atoms with E-state index in [9.17, 15) is 4.79 Å². The van der Waals surface area contributed by atoms with Crippen molar-refractivity contribution >= 4 is 22.9 Å². The molecule has 0 unspecified atom stereocenters. The van der Waals surface area contributed by atoms with Crippen LogP contribution in [-0.4, -0.2) is 58.7 Å². The van der Waals surface area contributed by atoms with E-state index in [-0.39, 0.29) is 18.7 Å². The molecule has 7 nitrogen and oxygen atoms in total. The Hall–Kier alpha value is -3.09. The van der Waals surface area contributed by atoms with Crippen LogP contribution in [0.25, 0.3) is 11.0 Å². The maximum Gasteiger partial charge on any atom is 0.410 e. The normalized spacial score (nSPS) is 14.3. The van der Waals surface area contributed by atoms with Crippen LogP contribution in [0.3, 0.4) is 0 Å². The highest BCUT2D eigenvalue weighted by atomic mass is 16.6. The smallest absolute Gasteiger partial charge is 0.410 e. The fourth-order valence-corrected chi connectivity index (χ4v) is 3.08. The lowest BCUT2D eigenvalue weighted by Crippen LogP contribution is -2.52. The van der Waals surface area contributed by atoms with Crippen LogP contribution in [0.2, 0.25) is 0 Å². The van der Waals surface area contributed by atoms with Gasteiger partial charge in [0, 0.05) is 32.4 Å². The zero-order chi connectivity index (χ0) is 25.2. The molecule has 1 amide bonds. The second kappa shape index (κ2) is 17.5. The standard InChI is InChI=1S/C19H25N5O2.C3H8.C2H6.C2H4/c1-4-14(5-2)12-26-19(25)24-11-8-15(24)7-10-23(3)18-16-6-9-20-17(16)21-13-22-18;1-3-2;2*1-2/h4-6,9,13,15H,1,7-8,10-12H2,2-3H3,(H,20,21,22);3H2,1-2H3;1-2H3;1-2H2/b14-5+;;;/t15-;;;/m1.../s1. The van der Waals surface area contributed by atoms with E-state index >= 15 is 0 Å². The number of nitrogens with one attached hydrogen (secondary N) is 1. The van der Waals surface area contributed by atoms with Crippen molar-refractivity contribution in [1.29, 1.82) is 0 Å². The molecule has 1 N–H and O–H groups in total. The zero-order valence-electron chi connectivity index (χ0n) is 21.4. The van der Waals surface area contributed by atoms with E-state index in [1.807, 2.05) is 46.2 Å². The average molecular weight is 458 g/mol. The Kier molecular flexibility index (Phi) is 15.8. The van der Waals surface area contributed by atoms with Crippen molar-refractivity contribution in [3.05, 3.63) is 56.1 Å². The minimum Gasteiger partial charge on any atom is -0.445 e. The summed E-state index contributed by atoms with van der Waals surface area (Å²) < 4.78 is 5.37. The maximum absolute atomic E-state index is 12.2. The number of amides is 1. The first-order chi connectivity index (χ1) is 16.0. The molecule has 0 aliphatic carbocycles. The van der Waals surface area contributed by atoms with Crippen LogP contribution in [0.4, 0.5) is 10.6 Å². The molecule has 3 rings (SSSR count). The van der Waals surface area contributed by atoms with Crippen LogP contribution >= 0.6 is 0 Å². The van der Waals surface area contributed by atoms with Crippen molar-refractivity contribution in [2.75, 3.05) is 31.6 Å². The van der Waals surface area contributed by atoms with Gasteiger partial charge in [-0.3, -0.25) is 0 Å². The summed E-state index contributed by atoms with van der Waals surface area (Å²) in [6, 6.07) is 2.19. The quantitative estimate of drug-likeness (QED) is 0.386. The topological polar surface area (TPSA) is 74.3 Å². The fraction of sp³-hybridized carbons (Fsp3) is 0.500. The third-order valence-corrected chi connectivity index (χ3v) is 4.87. The number of hydrogen-bond acceptors (Lipinski definition) is 5. The summed E-state index contributed by atoms with van der Waals surface area (Å²) in [5.74, 6) is 0.897. The number of anilines is 1. The number of hydrogen-bond donors (Lipinski definition) is 1. The van der Waals surface area contributed by atoms with Crippen molar-refractivity contribution in [2.24, 2.45) is 0 Å². The molecule has 7 heteroatoms. The Morgan fingerprint density at radius 1 is 1.33 bits per heavy atom. The van der Waals surface area contributed by atoms with Gasteiger partial charge in [0.25, 0.3) is 0 Å². The second-order valence-corrected chi connectivity index (χ2v) is 7.11. The highest BCUT2D eigenvalue weighted by Gasteiger charge is 2.33. The number of carbonyl (C=O) groups excluding carboxylic acids is 1. The van der Waals surface area contributed by atoms with Gasteiger partial charge in [-0.1, -0.05) is 52.8 Å². The van der Waals surface area contributed by atoms with Gasteiger partial charge < -0.3 is 19.5 Å². The number of H-pyrrole nitrogens is 1. The first-order valence-electron chi connectivity index (χ1n) is 11.8. The molecule has 0 bridgehead atoms. The van der Waals surface area contributed by atoms with Crippen LogP contribution in [0, 0.1) is 0 Å². The van der Waals surface area contributed by atoms with Gasteiger partial charge in [-0.15, -0.1) is 13.2 Å². The van der Waals surface area contributed by atoms with E-state index in [0.717, 1.165) is 48.4 Å². The van der Waals surface area contributed by atoms with E-state index in [1.165, 1.54) is 6.42 Å². The number of allylic oxidation sites excluding steroid dienone is 1. The van der Waals surface area contributed by atoms with Gasteiger partial charge in [0.2, 0.25) is 0 Å². The summed E-state index contributed by atoms with van der Waals surface area (Å²) in [6.07, 6.45) is 9.91. The van der Waals surface area contributed by atoms with Crippen LogP contribution in [-0.2, 0) is 4.74 Å². The summed E-state index contributed by atoms with van der Waals surface area (Å²) in [7, 11) is 2.01. The van der Waals surface area contributed by atoms with Gasteiger partial charge in [-0.05, 0) is 31.4 Å². The zero-order valence-corrected chi connectivity index (χ0v) is 21.4. The molecule has 184 valence electrons. The Morgan fingerprint density at radius 2 is 2.00 bits per heavy atom. The van der Waals surface area contributed by atoms with Gasteiger partial charge >= 0.3 is 6.09 Å². The third kappa shape index (κ3) is 9.12. The molecule has 0 radical (unpaired) electrons. The van der Waals surface area contributed by atoms with Crippen molar-refractivity contribution in [2.45, 2.75) is 59.9 Å². The third-order valence-electron chi connectivity index (χ3n) is 4.87. The van der Waals surface area contributed by atoms with Crippen molar-refractivity contribution < 1.29 is 9.53 Å². The number of ether oxygens (including phenoxy) is 1. The lowest BCUT2D eigenvalue weighted by molar-refractivity contribution is 0.0510. The molecule has 1 saturated heterocycles. The van der Waals surface area contributed by atoms with Crippen molar-refractivity contribution in [3.8, 4) is 0 Å². The van der Waals surface area contributed by atoms with E-state index in [1.54, 1.807) is 17.3 Å². The summed E-state index contributed by atoms with van der Waals surface area (Å²) in [4.78, 5) is 27.8. The maximum atomic E-state index is 12.2. The summed E-state index contributed by atoms with van der Waals surface area (Å²) in [6.45, 7) is 21.7. The Morgan fingerprint density at radius 3 is 2.55 bits per heavy atom. The molecule has 1 aliphatic heterocycles. The largest absolute Gasteiger partial charge is 0.445 e. The molecule has 0 aromatic carbocycles. The number of likely N-dealkylation sites (tertiary alicyclic amines) is 1. The lowest BCUT2D eigenvalue weighted by atomic mass is 10.0. The van der Waals surface area contributed by atoms with E-state index in [4.69, 9.17) is 4.74 Å². The van der Waals surface area contributed by atoms with E-state index in [0.29, 0.717) is 0 Å². The molecule has 3 heterocycles. The summed E-state index contributed by atoms with van der Waals surface area (Å²) in [5.41, 5.74) is 1.74. The number of carbonyl (C=O) groups is 1. The molecular weight excluding hydrogens is 414 g/mol. The van der Waals surface area contributed by atoms with Gasteiger partial charge in [0.1, 0.15) is 24.4 Å². The average Bonchev–Trinajstić information content (AvgIpc) is 3.31. The van der Waals surface area contributed by atoms with Crippen molar-refractivity contribution in [1.82, 2.24) is 19.9 Å². The first-order valence-corrected chi connectivity index (χ1v) is 11.8. The highest BCUT2D eigenvalue weighted by molar-refractivity contribution is 5.87. The van der Waals surface area contributed by atoms with Crippen LogP contribution in [0.15, 0.2) is 56.1 Å². The molecule has 1 aliphatic rings. The van der Waals surface area contributed by atoms with E-state index < -0.39 is 0 Å². The molecular formula is C26H43N5O2. The molecule has 1 atom stereocenters. The molecule has 2 aromatic heterocycles. The monoisotopic (exact) mass is 457 g/mol. The minimum absolute atomic E-state index is 0.214. The fourth-order valence-electron chi connectivity index (χ4n) is 3.08. The second-order valence-electron chi connectivity index (χ2n) is 7.11. The van der Waals surface area contributed by atoms with Gasteiger partial charge in [0.05, 0.1) is 5.39 Å². The molecule has 0 saturated carbocycles. The van der Waals surface area contributed by atoms with Crippen LogP contribution in [0.1, 0.15) is 53.9 Å². The molecule has 33 heavy (non-hydrogen) atoms. The van der Waals surface area contributed by atoms with Gasteiger partial charge in [-0.2, -0.15) is 0 Å². The lowest BCUT2D eigenvalue weighted by Gasteiger charge is -2.40. The van der Waals surface area contributed by atoms with E-state index in [2.05, 4.69) is 53.4 Å². The SMILES string of the molecule is C=C.C=C/C(=C\C)COC(=O)N1CC[C@H]1CCN(C)c1ncnc2[nH]ccc12.CC.CCC. The first kappa shape index (κ1) is 29.9. The van der Waals surface area contributed by atoms with Gasteiger partial charge in [0.15, 0.2) is 0 Å². The van der Waals surface area contributed by atoms with Crippen LogP contribution in [0.5, 0.6) is 0 Å². The Balaban J connectivity index is 0.00000132. The minimum atomic E-state index is -0.250. The highest BCUT2D eigenvalue weighted by Crippen LogP contribution is 2.25. The number of nitrogens with zero attached hydrogens (tertiary/aromatic N) is 4. The molecule has 1 fully saturated rings. The van der Waals surface area contributed by atoms with Gasteiger partial charge in [-0.25, -0.2) is 14.8 Å². The predicted molar refractivity (Wildman–Crippen MR) is 141 cm³/mol. The number of aromatic amines is 1. The number of rotatable bonds is 7. The number of aromatic nitrogens is 3. The summed E-state index contributed by atoms with van der Waals surface area (Å²) >= 11 is 0. The number of fused-ring (bicyclic) bond motifs is 1. The molecule has 0 spiro atoms. The Labute approximate surface area is 200 Å². The molecule has 2 aromatic rings. The van der Waals surface area contributed by atoms with Crippen molar-refractivity contribution in [3.63, 3.8) is 0 Å².